The second-order valence-electron chi connectivity index (χ2n) is 31.0. The number of hydrogen-bond donors (Lipinski definition) is 4. The van der Waals surface area contributed by atoms with Crippen LogP contribution in [0.1, 0.15) is 122 Å². The predicted molar refractivity (Wildman–Crippen MR) is 469 cm³/mol. The third-order valence-electron chi connectivity index (χ3n) is 23.6. The van der Waals surface area contributed by atoms with E-state index >= 15 is 0 Å². The lowest BCUT2D eigenvalue weighted by Crippen LogP contribution is -2.43. The highest BCUT2D eigenvalue weighted by Crippen LogP contribution is 2.60. The zero-order chi connectivity index (χ0) is 88.9. The van der Waals surface area contributed by atoms with Crippen LogP contribution in [0.15, 0.2) is 190 Å². The number of para-hydroxylation sites is 4. The van der Waals surface area contributed by atoms with Gasteiger partial charge >= 0.3 is 47.8 Å². The lowest BCUT2D eigenvalue weighted by Gasteiger charge is -2.25. The molecule has 10 aromatic carbocycles. The van der Waals surface area contributed by atoms with Gasteiger partial charge in [0.2, 0.25) is 0 Å². The van der Waals surface area contributed by atoms with Crippen molar-refractivity contribution in [1.29, 1.82) is 0 Å². The Morgan fingerprint density at radius 1 is 0.254 bits per heavy atom. The van der Waals surface area contributed by atoms with E-state index in [0.717, 1.165) is 0 Å². The molecule has 10 aromatic rings. The molecule has 126 heavy (non-hydrogen) atoms. The summed E-state index contributed by atoms with van der Waals surface area (Å²) in [6.07, 6.45) is 3.13. The van der Waals surface area contributed by atoms with Crippen LogP contribution < -0.4 is 9.47 Å². The molecule has 0 radical (unpaired) electrons. The van der Waals surface area contributed by atoms with Crippen LogP contribution in [0.25, 0.3) is 44.5 Å². The molecule has 644 valence electrons. The van der Waals surface area contributed by atoms with Gasteiger partial charge in [-0.3, -0.25) is 58.3 Å². The fraction of sp³-hybridized carbons (Fsp3) is 0.280. The van der Waals surface area contributed by atoms with Crippen LogP contribution in [0.4, 0.5) is 22.7 Å². The average molecular weight is 1700 g/mol. The van der Waals surface area contributed by atoms with E-state index in [1.54, 1.807) is 225 Å². The number of aliphatic imine (C=N–C) groups is 4. The molecular weight excluding hydrogens is 1610 g/mol. The molecule has 28 rings (SSSR count). The van der Waals surface area contributed by atoms with Crippen molar-refractivity contribution in [2.45, 2.75) is 107 Å². The van der Waals surface area contributed by atoms with E-state index < -0.39 is 69.4 Å². The van der Waals surface area contributed by atoms with Gasteiger partial charge in [-0.25, -0.2) is 0 Å². The summed E-state index contributed by atoms with van der Waals surface area (Å²) in [6.45, 7) is 12.2. The standard InChI is InChI=1S/C100H92N4O22/c1-9-117-89(109)97(90(110)118-10-2)45-73-74(46-97)82-70-26-18-22-58(86(70)106)54-102-62-31-39-66(40-32-62)126-68-43-35-64(36-44-68)104-56-60-24-20-28-72(88(60)108)84-78-50-99(93(113)121-13-5,94(114)122-14-6)49-77(78)83(79-51-100(52-80(79)84,95(115)123-15-7)96(116)124-16-8)71-27-19-23-59(87(71)107)55-103-63-33-41-67(42-34-63)125-65-37-29-61(30-38-65)101-53-57-21-17-25-69(85(57)105)81(73)75-47-98(48-76(75)82,91(111)119-11-3)92(112)120-12-4/h17-44,53-56,105-108H,9-16,45-52H2,1-8H3. The largest absolute Gasteiger partial charge is 0.507 e. The number of nitrogens with zero attached hydrogens (tertiary/aromatic N) is 4. The first-order valence-electron chi connectivity index (χ1n) is 41.9. The van der Waals surface area contributed by atoms with Gasteiger partial charge in [0.1, 0.15) is 46.0 Å². The fourth-order valence-corrected chi connectivity index (χ4v) is 17.8. The molecule has 18 aliphatic rings. The summed E-state index contributed by atoms with van der Waals surface area (Å²) in [4.78, 5) is 137. The van der Waals surface area contributed by atoms with Crippen molar-refractivity contribution in [3.05, 3.63) is 237 Å². The number of phenolic OH excluding ortho intramolecular Hbond substituents is 4. The van der Waals surface area contributed by atoms with Crippen LogP contribution in [0.3, 0.4) is 0 Å². The molecule has 0 unspecified atom stereocenters. The third kappa shape index (κ3) is 15.8. The molecular formula is C100H92N4O22. The minimum atomic E-state index is -2.01. The van der Waals surface area contributed by atoms with Crippen LogP contribution in [0, 0.1) is 21.7 Å². The number of carbonyl (C=O) groups is 8. The Hall–Kier alpha value is -14.6. The third-order valence-corrected chi connectivity index (χ3v) is 23.6. The summed E-state index contributed by atoms with van der Waals surface area (Å²) >= 11 is 0. The molecule has 4 N–H and O–H groups in total. The van der Waals surface area contributed by atoms with E-state index in [2.05, 4.69) is 0 Å². The first-order chi connectivity index (χ1) is 61.0. The minimum absolute atomic E-state index is 0.0961. The molecule has 0 saturated carbocycles. The summed E-state index contributed by atoms with van der Waals surface area (Å²) in [5, 5.41) is 51.4. The molecule has 0 aromatic heterocycles. The van der Waals surface area contributed by atoms with E-state index in [4.69, 9.17) is 67.3 Å². The highest BCUT2D eigenvalue weighted by atomic mass is 16.6. The second kappa shape index (κ2) is 36.1. The quantitative estimate of drug-likeness (QED) is 0.0396. The smallest absolute Gasteiger partial charge is 0.324 e. The molecule has 0 spiro atoms. The lowest BCUT2D eigenvalue weighted by molar-refractivity contribution is -0.173. The Bertz CT molecular complexity index is 5250. The first-order valence-corrected chi connectivity index (χ1v) is 41.9. The van der Waals surface area contributed by atoms with Crippen LogP contribution >= 0.6 is 0 Å². The number of esters is 8. The van der Waals surface area contributed by atoms with Gasteiger partial charge in [0, 0.05) is 121 Å². The Morgan fingerprint density at radius 3 is 0.563 bits per heavy atom. The Labute approximate surface area is 726 Å². The van der Waals surface area contributed by atoms with E-state index in [-0.39, 0.29) is 172 Å². The molecule has 0 atom stereocenters. The van der Waals surface area contributed by atoms with Gasteiger partial charge in [0.05, 0.1) is 75.6 Å². The number of benzene rings is 10. The highest BCUT2D eigenvalue weighted by molar-refractivity contribution is 6.10. The molecule has 4 aliphatic carbocycles. The van der Waals surface area contributed by atoms with Crippen molar-refractivity contribution < 1.29 is 106 Å². The SMILES string of the molecule is CCOC(=O)C1(C(=O)OCC)Cc2c(c3c4c(c2-c2cccc(c2O)C=Nc2ccc(cc2)Oc2ccc(cc2)N=Cc2cccc(c2O)-c2c5c(c(c6c2CC(C(=O)OCC)(C(=O)OCC)C6)-c2cccc(c2O)C=Nc2ccc(cc2)Oc2ccc(cc2)N=Cc2cccc-3c2O)CC(C(=O)OCC)(C(=O)OCC)C5)CC(C(=O)OCC)(C(=O)OCC)C4)C1. The van der Waals surface area contributed by atoms with Gasteiger partial charge in [-0.15, -0.1) is 0 Å². The lowest BCUT2D eigenvalue weighted by atomic mass is 9.82. The number of phenols is 4. The van der Waals surface area contributed by atoms with Crippen molar-refractivity contribution in [2.24, 2.45) is 41.6 Å². The van der Waals surface area contributed by atoms with Crippen LogP contribution in [-0.4, -0.2) is 146 Å². The number of carbonyl (C=O) groups excluding carboxylic acids is 8. The number of aromatic hydroxyl groups is 4. The summed E-state index contributed by atoms with van der Waals surface area (Å²) in [6, 6.07) is 47.1. The second-order valence-corrected chi connectivity index (χ2v) is 31.0. The van der Waals surface area contributed by atoms with Crippen molar-refractivity contribution in [3.63, 3.8) is 0 Å². The normalized spacial score (nSPS) is 15.0. The van der Waals surface area contributed by atoms with Crippen molar-refractivity contribution in [2.75, 3.05) is 52.9 Å². The van der Waals surface area contributed by atoms with Crippen molar-refractivity contribution in [1.82, 2.24) is 0 Å². The Morgan fingerprint density at radius 2 is 0.413 bits per heavy atom. The topological polar surface area (TPSA) is 359 Å². The minimum Gasteiger partial charge on any atom is -0.507 e. The molecule has 14 heterocycles. The van der Waals surface area contributed by atoms with E-state index in [0.29, 0.717) is 113 Å². The van der Waals surface area contributed by atoms with Crippen LogP contribution in [-0.2, 0) is 128 Å². The van der Waals surface area contributed by atoms with E-state index in [1.165, 1.54) is 24.9 Å². The van der Waals surface area contributed by atoms with Gasteiger partial charge in [-0.05, 0) is 243 Å². The zero-order valence-corrected chi connectivity index (χ0v) is 70.7. The van der Waals surface area contributed by atoms with Crippen molar-refractivity contribution >= 4 is 95.4 Å². The van der Waals surface area contributed by atoms with Crippen LogP contribution in [0.2, 0.25) is 0 Å². The summed E-state index contributed by atoms with van der Waals surface area (Å²) in [7, 11) is 0. The predicted octanol–water partition coefficient (Wildman–Crippen LogP) is 16.9. The first kappa shape index (κ1) is 86.4. The van der Waals surface area contributed by atoms with Gasteiger partial charge in [-0.2, -0.15) is 0 Å². The zero-order valence-electron chi connectivity index (χ0n) is 70.7. The maximum Gasteiger partial charge on any atom is 0.324 e. The Kier molecular flexibility index (Phi) is 24.7. The average Bonchev–Trinajstić information content (AvgIpc) is 1.54. The number of ether oxygens (including phenoxy) is 10. The highest BCUT2D eigenvalue weighted by Gasteiger charge is 2.62. The van der Waals surface area contributed by atoms with Gasteiger partial charge in [0.15, 0.2) is 21.7 Å². The summed E-state index contributed by atoms with van der Waals surface area (Å²) < 4.78 is 58.5. The molecule has 26 nitrogen and oxygen atoms in total. The maximum absolute atomic E-state index is 14.8. The summed E-state index contributed by atoms with van der Waals surface area (Å²) in [5.41, 5.74) is -0.379. The fourth-order valence-electron chi connectivity index (χ4n) is 17.8. The van der Waals surface area contributed by atoms with Crippen molar-refractivity contribution in [3.8, 4) is 90.5 Å². The molecule has 14 aliphatic heterocycles. The molecule has 20 bridgehead atoms. The molecule has 0 fully saturated rings. The molecule has 26 heteroatoms. The molecule has 0 saturated heterocycles. The number of rotatable bonds is 16. The van der Waals surface area contributed by atoms with Gasteiger partial charge < -0.3 is 67.8 Å². The molecule has 0 amide bonds. The summed E-state index contributed by atoms with van der Waals surface area (Å²) in [5.74, 6) is -6.42. The van der Waals surface area contributed by atoms with Crippen LogP contribution in [0.5, 0.6) is 46.0 Å². The van der Waals surface area contributed by atoms with E-state index in [1.807, 2.05) is 0 Å². The van der Waals surface area contributed by atoms with E-state index in [9.17, 15) is 58.8 Å². The monoisotopic (exact) mass is 1700 g/mol. The number of hydrogen-bond acceptors (Lipinski definition) is 26. The van der Waals surface area contributed by atoms with Gasteiger partial charge in [0.25, 0.3) is 0 Å². The Balaban J connectivity index is 0.864. The maximum atomic E-state index is 14.8. The number of fused-ring (bicyclic) bond motifs is 1. The van der Waals surface area contributed by atoms with Gasteiger partial charge in [-0.1, -0.05) is 48.5 Å².